The Balaban J connectivity index is 1.73. The number of hydrogen-bond acceptors (Lipinski definition) is 5. The molecule has 26 heavy (non-hydrogen) atoms. The third-order valence-corrected chi connectivity index (χ3v) is 4.09. The summed E-state index contributed by atoms with van der Waals surface area (Å²) >= 11 is 0. The van der Waals surface area contributed by atoms with Crippen LogP contribution >= 0.6 is 0 Å². The van der Waals surface area contributed by atoms with Crippen molar-refractivity contribution in [3.8, 4) is 5.75 Å². The van der Waals surface area contributed by atoms with E-state index < -0.39 is 5.91 Å². The van der Waals surface area contributed by atoms with Gasteiger partial charge in [-0.2, -0.15) is 5.10 Å². The zero-order valence-electron chi connectivity index (χ0n) is 14.1. The number of nitrogens with one attached hydrogen (secondary N) is 1. The first-order valence-electron chi connectivity index (χ1n) is 8.12. The minimum absolute atomic E-state index is 0.0100. The number of rotatable bonds is 5. The number of para-hydroxylation sites is 1. The molecule has 1 aliphatic heterocycles. The van der Waals surface area contributed by atoms with Gasteiger partial charge in [-0.25, -0.2) is 5.43 Å². The molecule has 3 rings (SSSR count). The third-order valence-electron chi connectivity index (χ3n) is 4.09. The Morgan fingerprint density at radius 1 is 1.04 bits per heavy atom. The van der Waals surface area contributed by atoms with E-state index in [1.54, 1.807) is 36.4 Å². The normalized spacial score (nSPS) is 13.7. The minimum Gasteiger partial charge on any atom is -0.507 e. The number of phenolic OH excluding ortho intramolecular Hbond substituents is 1. The number of nitrogens with zero attached hydrogens (tertiary/aromatic N) is 2. The molecule has 2 aromatic rings. The molecule has 0 atom stereocenters. The second-order valence-corrected chi connectivity index (χ2v) is 5.73. The number of amides is 3. The van der Waals surface area contributed by atoms with E-state index in [4.69, 9.17) is 0 Å². The van der Waals surface area contributed by atoms with Gasteiger partial charge in [0.15, 0.2) is 0 Å². The van der Waals surface area contributed by atoms with Crippen LogP contribution in [-0.2, 0) is 0 Å². The van der Waals surface area contributed by atoms with Gasteiger partial charge in [0.05, 0.1) is 28.9 Å². The van der Waals surface area contributed by atoms with Crippen molar-refractivity contribution in [3.05, 3.63) is 65.2 Å². The van der Waals surface area contributed by atoms with E-state index in [0.29, 0.717) is 23.3 Å². The number of benzene rings is 2. The Morgan fingerprint density at radius 3 is 2.19 bits per heavy atom. The first-order chi connectivity index (χ1) is 12.5. The molecule has 0 bridgehead atoms. The summed E-state index contributed by atoms with van der Waals surface area (Å²) in [6.45, 7) is 1.80. The standard InChI is InChI=1S/C19H17N3O4/c1-2-12(20-21-17(24)15-9-5-6-10-16(15)23)11-22-18(25)13-7-3-4-8-14(13)19(22)26/h3-10,23H,2,11H2,1H3,(H,21,24). The number of imide groups is 1. The monoisotopic (exact) mass is 351 g/mol. The van der Waals surface area contributed by atoms with Crippen LogP contribution in [0.25, 0.3) is 0 Å². The molecule has 0 saturated heterocycles. The lowest BCUT2D eigenvalue weighted by Crippen LogP contribution is -2.35. The fraction of sp³-hybridized carbons (Fsp3) is 0.158. The summed E-state index contributed by atoms with van der Waals surface area (Å²) in [5.41, 5.74) is 3.64. The lowest BCUT2D eigenvalue weighted by molar-refractivity contribution is 0.0677. The largest absolute Gasteiger partial charge is 0.507 e. The van der Waals surface area contributed by atoms with E-state index in [1.165, 1.54) is 12.1 Å². The highest BCUT2D eigenvalue weighted by atomic mass is 16.3. The lowest BCUT2D eigenvalue weighted by atomic mass is 10.1. The molecule has 0 radical (unpaired) electrons. The third kappa shape index (κ3) is 3.19. The van der Waals surface area contributed by atoms with Crippen LogP contribution in [0.3, 0.4) is 0 Å². The van der Waals surface area contributed by atoms with E-state index in [-0.39, 0.29) is 29.7 Å². The van der Waals surface area contributed by atoms with E-state index in [9.17, 15) is 19.5 Å². The van der Waals surface area contributed by atoms with Crippen molar-refractivity contribution in [1.29, 1.82) is 0 Å². The number of fused-ring (bicyclic) bond motifs is 1. The average Bonchev–Trinajstić information content (AvgIpc) is 2.90. The van der Waals surface area contributed by atoms with Crippen LogP contribution in [0, 0.1) is 0 Å². The van der Waals surface area contributed by atoms with Gasteiger partial charge in [0.25, 0.3) is 17.7 Å². The van der Waals surface area contributed by atoms with Gasteiger partial charge in [0, 0.05) is 0 Å². The molecule has 2 aromatic carbocycles. The number of phenols is 1. The van der Waals surface area contributed by atoms with Crippen LogP contribution in [0.4, 0.5) is 0 Å². The quantitative estimate of drug-likeness (QED) is 0.490. The Morgan fingerprint density at radius 2 is 1.62 bits per heavy atom. The second-order valence-electron chi connectivity index (χ2n) is 5.73. The van der Waals surface area contributed by atoms with Crippen LogP contribution in [0.2, 0.25) is 0 Å². The Labute approximate surface area is 149 Å². The highest BCUT2D eigenvalue weighted by molar-refractivity contribution is 6.22. The predicted molar refractivity (Wildman–Crippen MR) is 95.1 cm³/mol. The van der Waals surface area contributed by atoms with Gasteiger partial charge in [-0.3, -0.25) is 19.3 Å². The number of carbonyl (C=O) groups is 3. The van der Waals surface area contributed by atoms with Crippen molar-refractivity contribution in [1.82, 2.24) is 10.3 Å². The van der Waals surface area contributed by atoms with Crippen LogP contribution < -0.4 is 5.43 Å². The molecule has 0 aromatic heterocycles. The molecular weight excluding hydrogens is 334 g/mol. The topological polar surface area (TPSA) is 99.1 Å². The summed E-state index contributed by atoms with van der Waals surface area (Å²) in [4.78, 5) is 38.0. The smallest absolute Gasteiger partial charge is 0.275 e. The Bertz CT molecular complexity index is 886. The fourth-order valence-electron chi connectivity index (χ4n) is 2.65. The van der Waals surface area contributed by atoms with Gasteiger partial charge in [-0.05, 0) is 30.7 Å². The molecule has 0 saturated carbocycles. The average molecular weight is 351 g/mol. The molecule has 1 heterocycles. The Kier molecular flexibility index (Phi) is 4.79. The number of hydrogen-bond donors (Lipinski definition) is 2. The summed E-state index contributed by atoms with van der Waals surface area (Å²) in [6.07, 6.45) is 0.439. The molecule has 7 heteroatoms. The molecule has 3 amide bonds. The number of carbonyl (C=O) groups excluding carboxylic acids is 3. The van der Waals surface area contributed by atoms with Gasteiger partial charge in [0.1, 0.15) is 5.75 Å². The van der Waals surface area contributed by atoms with E-state index in [1.807, 2.05) is 6.92 Å². The van der Waals surface area contributed by atoms with Gasteiger partial charge >= 0.3 is 0 Å². The van der Waals surface area contributed by atoms with E-state index in [2.05, 4.69) is 10.5 Å². The molecule has 0 aliphatic carbocycles. The van der Waals surface area contributed by atoms with Crippen LogP contribution in [0.1, 0.15) is 44.4 Å². The predicted octanol–water partition coefficient (Wildman–Crippen LogP) is 2.18. The first kappa shape index (κ1) is 17.3. The number of hydrazone groups is 1. The van der Waals surface area contributed by atoms with Crippen molar-refractivity contribution in [2.45, 2.75) is 13.3 Å². The maximum absolute atomic E-state index is 12.4. The fourth-order valence-corrected chi connectivity index (χ4v) is 2.65. The van der Waals surface area contributed by atoms with Crippen molar-refractivity contribution in [2.75, 3.05) is 6.54 Å². The lowest BCUT2D eigenvalue weighted by Gasteiger charge is -2.14. The van der Waals surface area contributed by atoms with Crippen LogP contribution in [0.15, 0.2) is 53.6 Å². The van der Waals surface area contributed by atoms with Gasteiger partial charge in [-0.1, -0.05) is 31.2 Å². The molecular formula is C19H17N3O4. The van der Waals surface area contributed by atoms with Gasteiger partial charge in [0.2, 0.25) is 0 Å². The Hall–Kier alpha value is -3.48. The van der Waals surface area contributed by atoms with Gasteiger partial charge in [-0.15, -0.1) is 0 Å². The zero-order valence-corrected chi connectivity index (χ0v) is 14.1. The highest BCUT2D eigenvalue weighted by Gasteiger charge is 2.35. The van der Waals surface area contributed by atoms with Crippen molar-refractivity contribution >= 4 is 23.4 Å². The molecule has 2 N–H and O–H groups in total. The summed E-state index contributed by atoms with van der Waals surface area (Å²) in [7, 11) is 0. The molecule has 132 valence electrons. The zero-order chi connectivity index (χ0) is 18.7. The summed E-state index contributed by atoms with van der Waals surface area (Å²) in [6, 6.07) is 12.7. The SMILES string of the molecule is CCC(CN1C(=O)c2ccccc2C1=O)=NNC(=O)c1ccccc1O. The van der Waals surface area contributed by atoms with Crippen molar-refractivity contribution < 1.29 is 19.5 Å². The molecule has 0 fully saturated rings. The highest BCUT2D eigenvalue weighted by Crippen LogP contribution is 2.22. The second kappa shape index (κ2) is 7.18. The molecule has 7 nitrogen and oxygen atoms in total. The number of aromatic hydroxyl groups is 1. The summed E-state index contributed by atoms with van der Waals surface area (Å²) < 4.78 is 0. The summed E-state index contributed by atoms with van der Waals surface area (Å²) in [5.74, 6) is -1.48. The first-order valence-corrected chi connectivity index (χ1v) is 8.12. The molecule has 0 unspecified atom stereocenters. The van der Waals surface area contributed by atoms with E-state index in [0.717, 1.165) is 4.90 Å². The maximum Gasteiger partial charge on any atom is 0.275 e. The van der Waals surface area contributed by atoms with Crippen LogP contribution in [0.5, 0.6) is 5.75 Å². The molecule has 0 spiro atoms. The maximum atomic E-state index is 12.4. The summed E-state index contributed by atoms with van der Waals surface area (Å²) in [5, 5.41) is 13.7. The minimum atomic E-state index is -0.573. The van der Waals surface area contributed by atoms with Crippen molar-refractivity contribution in [2.24, 2.45) is 5.10 Å². The van der Waals surface area contributed by atoms with Gasteiger partial charge < -0.3 is 5.11 Å². The van der Waals surface area contributed by atoms with E-state index >= 15 is 0 Å². The molecule has 1 aliphatic rings. The van der Waals surface area contributed by atoms with Crippen LogP contribution in [-0.4, -0.2) is 40.0 Å². The van der Waals surface area contributed by atoms with Crippen molar-refractivity contribution in [3.63, 3.8) is 0 Å².